The van der Waals surface area contributed by atoms with Gasteiger partial charge >= 0.3 is 5.97 Å². The Kier molecular flexibility index (Phi) is 4.35. The van der Waals surface area contributed by atoms with Crippen LogP contribution < -0.4 is 0 Å². The average Bonchev–Trinajstić information content (AvgIpc) is 3.24. The normalized spacial score (nSPS) is 19.9. The van der Waals surface area contributed by atoms with Gasteiger partial charge in [0, 0.05) is 23.0 Å². The second-order valence-electron chi connectivity index (χ2n) is 6.23. The highest BCUT2D eigenvalue weighted by Crippen LogP contribution is 2.41. The maximum absolute atomic E-state index is 12.5. The van der Waals surface area contributed by atoms with E-state index in [1.807, 2.05) is 35.2 Å². The lowest BCUT2D eigenvalue weighted by Gasteiger charge is -2.38. The summed E-state index contributed by atoms with van der Waals surface area (Å²) in [7, 11) is 1.40. The lowest BCUT2D eigenvalue weighted by Crippen LogP contribution is -2.49. The molecule has 5 nitrogen and oxygen atoms in total. The number of fused-ring (bicyclic) bond motifs is 3. The quantitative estimate of drug-likeness (QED) is 0.526. The van der Waals surface area contributed by atoms with Crippen LogP contribution in [0, 0.1) is 12.3 Å². The summed E-state index contributed by atoms with van der Waals surface area (Å²) >= 11 is 3.36. The summed E-state index contributed by atoms with van der Waals surface area (Å²) in [5.41, 5.74) is 3.13. The number of hydrogen-bond donors (Lipinski definition) is 1. The number of carbonyl (C=O) groups excluding carboxylic acids is 1. The summed E-state index contributed by atoms with van der Waals surface area (Å²) in [5.74, 6) is 3.09. The molecule has 2 aromatic heterocycles. The second-order valence-corrected chi connectivity index (χ2v) is 7.01. The average molecular weight is 413 g/mol. The number of ether oxygens (including phenoxy) is 1. The van der Waals surface area contributed by atoms with Crippen molar-refractivity contribution in [2.45, 2.75) is 18.5 Å². The molecule has 26 heavy (non-hydrogen) atoms. The van der Waals surface area contributed by atoms with Gasteiger partial charge in [-0.15, -0.1) is 6.42 Å². The van der Waals surface area contributed by atoms with Crippen LogP contribution >= 0.6 is 15.9 Å². The lowest BCUT2D eigenvalue weighted by molar-refractivity contribution is -0.148. The molecule has 132 valence electrons. The lowest BCUT2D eigenvalue weighted by atomic mass is 9.90. The van der Waals surface area contributed by atoms with Gasteiger partial charge in [0.2, 0.25) is 0 Å². The number of aromatic amines is 1. The Morgan fingerprint density at radius 2 is 2.23 bits per heavy atom. The summed E-state index contributed by atoms with van der Waals surface area (Å²) in [5, 5.41) is 1.10. The van der Waals surface area contributed by atoms with Gasteiger partial charge in [-0.05, 0) is 39.7 Å². The maximum Gasteiger partial charge on any atom is 0.323 e. The fourth-order valence-electron chi connectivity index (χ4n) is 3.77. The van der Waals surface area contributed by atoms with Gasteiger partial charge in [0.25, 0.3) is 0 Å². The summed E-state index contributed by atoms with van der Waals surface area (Å²) in [6, 6.07) is 11.0. The predicted molar refractivity (Wildman–Crippen MR) is 102 cm³/mol. The fraction of sp³-hybridized carbons (Fsp3) is 0.250. The predicted octanol–water partition coefficient (Wildman–Crippen LogP) is 3.65. The molecule has 0 radical (unpaired) electrons. The molecule has 0 spiro atoms. The molecule has 1 unspecified atom stereocenters. The van der Waals surface area contributed by atoms with Crippen molar-refractivity contribution < 1.29 is 13.9 Å². The molecular weight excluding hydrogens is 396 g/mol. The highest BCUT2D eigenvalue weighted by atomic mass is 79.9. The summed E-state index contributed by atoms with van der Waals surface area (Å²) in [4.78, 5) is 18.0. The van der Waals surface area contributed by atoms with Crippen molar-refractivity contribution in [1.29, 1.82) is 0 Å². The number of rotatable bonds is 3. The van der Waals surface area contributed by atoms with Crippen molar-refractivity contribution in [3.8, 4) is 12.3 Å². The van der Waals surface area contributed by atoms with Gasteiger partial charge in [-0.2, -0.15) is 0 Å². The van der Waals surface area contributed by atoms with Gasteiger partial charge in [0.1, 0.15) is 17.8 Å². The van der Waals surface area contributed by atoms with Crippen LogP contribution in [0.2, 0.25) is 0 Å². The highest BCUT2D eigenvalue weighted by molar-refractivity contribution is 9.10. The van der Waals surface area contributed by atoms with Gasteiger partial charge in [-0.1, -0.05) is 24.1 Å². The van der Waals surface area contributed by atoms with Crippen molar-refractivity contribution in [1.82, 2.24) is 9.88 Å². The molecule has 0 saturated heterocycles. The number of aromatic nitrogens is 1. The fourth-order valence-corrected chi connectivity index (χ4v) is 4.09. The Labute approximate surface area is 159 Å². The Morgan fingerprint density at radius 3 is 2.92 bits per heavy atom. The molecule has 6 heteroatoms. The van der Waals surface area contributed by atoms with Crippen LogP contribution in [0.3, 0.4) is 0 Å². The van der Waals surface area contributed by atoms with Crippen LogP contribution in [-0.2, 0) is 16.0 Å². The molecular formula is C20H17BrN2O3. The van der Waals surface area contributed by atoms with Crippen LogP contribution in [0.4, 0.5) is 0 Å². The minimum absolute atomic E-state index is 0.294. The van der Waals surface area contributed by atoms with E-state index >= 15 is 0 Å². The van der Waals surface area contributed by atoms with Gasteiger partial charge in [-0.25, -0.2) is 0 Å². The Morgan fingerprint density at radius 1 is 1.42 bits per heavy atom. The number of terminal acetylenes is 1. The highest BCUT2D eigenvalue weighted by Gasteiger charge is 2.42. The first-order valence-electron chi connectivity index (χ1n) is 8.25. The van der Waals surface area contributed by atoms with E-state index in [-0.39, 0.29) is 12.0 Å². The van der Waals surface area contributed by atoms with Crippen LogP contribution in [0.5, 0.6) is 0 Å². The first kappa shape index (κ1) is 17.0. The van der Waals surface area contributed by atoms with E-state index < -0.39 is 6.04 Å². The van der Waals surface area contributed by atoms with Crippen LogP contribution in [0.1, 0.15) is 23.1 Å². The van der Waals surface area contributed by atoms with E-state index in [1.165, 1.54) is 7.11 Å². The number of nitrogens with one attached hydrogen (secondary N) is 1. The van der Waals surface area contributed by atoms with Crippen molar-refractivity contribution in [3.05, 3.63) is 58.1 Å². The van der Waals surface area contributed by atoms with E-state index in [0.717, 1.165) is 22.2 Å². The van der Waals surface area contributed by atoms with Crippen LogP contribution in [-0.4, -0.2) is 35.5 Å². The van der Waals surface area contributed by atoms with E-state index in [1.54, 1.807) is 0 Å². The van der Waals surface area contributed by atoms with Gasteiger partial charge in [-0.3, -0.25) is 9.69 Å². The molecule has 1 N–H and O–H groups in total. The number of furan rings is 1. The first-order chi connectivity index (χ1) is 12.6. The van der Waals surface area contributed by atoms with Crippen LogP contribution in [0.15, 0.2) is 45.5 Å². The zero-order valence-corrected chi connectivity index (χ0v) is 15.7. The monoisotopic (exact) mass is 412 g/mol. The molecule has 1 aromatic carbocycles. The molecule has 3 aromatic rings. The topological polar surface area (TPSA) is 58.5 Å². The van der Waals surface area contributed by atoms with Crippen molar-refractivity contribution in [2.24, 2.45) is 0 Å². The number of carbonyl (C=O) groups is 1. The number of H-pyrrole nitrogens is 1. The third-order valence-electron chi connectivity index (χ3n) is 4.86. The number of benzene rings is 1. The van der Waals surface area contributed by atoms with Gasteiger partial charge < -0.3 is 14.1 Å². The molecule has 0 fully saturated rings. The number of halogens is 1. The number of para-hydroxylation sites is 1. The van der Waals surface area contributed by atoms with E-state index in [0.29, 0.717) is 23.4 Å². The Hall–Kier alpha value is -2.49. The molecule has 0 aliphatic carbocycles. The van der Waals surface area contributed by atoms with Crippen molar-refractivity contribution in [2.75, 3.05) is 13.7 Å². The number of methoxy groups -OCH3 is 1. The van der Waals surface area contributed by atoms with Crippen LogP contribution in [0.25, 0.3) is 10.9 Å². The van der Waals surface area contributed by atoms with Gasteiger partial charge in [0.15, 0.2) is 4.67 Å². The summed E-state index contributed by atoms with van der Waals surface area (Å²) in [6.45, 7) is 0.303. The first-order valence-corrected chi connectivity index (χ1v) is 9.05. The molecule has 1 aliphatic heterocycles. The minimum atomic E-state index is -0.475. The molecule has 3 heterocycles. The molecule has 4 rings (SSSR count). The third kappa shape index (κ3) is 2.64. The zero-order valence-electron chi connectivity index (χ0n) is 14.2. The zero-order chi connectivity index (χ0) is 18.3. The summed E-state index contributed by atoms with van der Waals surface area (Å²) < 4.78 is 11.5. The largest absolute Gasteiger partial charge is 0.468 e. The minimum Gasteiger partial charge on any atom is -0.468 e. The SMILES string of the molecule is C#CCN1C(c2ccc(Br)o2)c2[nH]c3ccccc3c2C[C@H]1C(=O)OC. The maximum atomic E-state index is 12.5. The Bertz CT molecular complexity index is 1010. The Balaban J connectivity index is 1.95. The molecule has 0 bridgehead atoms. The molecule has 0 amide bonds. The summed E-state index contributed by atoms with van der Waals surface area (Å²) in [6.07, 6.45) is 6.14. The van der Waals surface area contributed by atoms with E-state index in [2.05, 4.69) is 32.9 Å². The molecule has 1 aliphatic rings. The number of hydrogen-bond acceptors (Lipinski definition) is 4. The third-order valence-corrected chi connectivity index (χ3v) is 5.29. The second kappa shape index (κ2) is 6.67. The van der Waals surface area contributed by atoms with Crippen molar-refractivity contribution >= 4 is 32.8 Å². The standard InChI is InChI=1S/C20H17BrN2O3/c1-3-10-23-15(20(24)25-2)11-13-12-6-4-5-7-14(12)22-18(13)19(23)16-8-9-17(21)26-16/h1,4-9,15,19,22H,10-11H2,2H3/t15-,19?/m0/s1. The van der Waals surface area contributed by atoms with E-state index in [4.69, 9.17) is 15.6 Å². The smallest absolute Gasteiger partial charge is 0.323 e. The van der Waals surface area contributed by atoms with Gasteiger partial charge in [0.05, 0.1) is 13.7 Å². The number of nitrogens with zero attached hydrogens (tertiary/aromatic N) is 1. The molecule has 0 saturated carbocycles. The van der Waals surface area contributed by atoms with E-state index in [9.17, 15) is 4.79 Å². The molecule has 2 atom stereocenters. The van der Waals surface area contributed by atoms with Crippen molar-refractivity contribution in [3.63, 3.8) is 0 Å². The number of esters is 1.